The van der Waals surface area contributed by atoms with Gasteiger partial charge in [0.2, 0.25) is 0 Å². The minimum atomic E-state index is -1.29. The van der Waals surface area contributed by atoms with E-state index in [1.165, 1.54) is 18.2 Å². The van der Waals surface area contributed by atoms with Crippen LogP contribution in [0.3, 0.4) is 0 Å². The molecule has 0 saturated heterocycles. The molecule has 0 aliphatic rings. The van der Waals surface area contributed by atoms with Crippen molar-refractivity contribution in [1.29, 1.82) is 0 Å². The van der Waals surface area contributed by atoms with Crippen molar-refractivity contribution >= 4 is 11.8 Å². The number of nitrogens with zero attached hydrogens (tertiary/aromatic N) is 2. The van der Waals surface area contributed by atoms with Crippen LogP contribution in [0.2, 0.25) is 0 Å². The summed E-state index contributed by atoms with van der Waals surface area (Å²) in [6, 6.07) is 5.65. The summed E-state index contributed by atoms with van der Waals surface area (Å²) in [5.74, 6) is 5.14. The number of rotatable bonds is 3. The van der Waals surface area contributed by atoms with Crippen molar-refractivity contribution in [1.82, 2.24) is 5.01 Å². The van der Waals surface area contributed by atoms with Crippen LogP contribution in [0.1, 0.15) is 5.56 Å². The molecule has 0 bridgehead atoms. The molecule has 80 valence electrons. The van der Waals surface area contributed by atoms with Crippen LogP contribution in [0, 0.1) is 10.1 Å². The van der Waals surface area contributed by atoms with Crippen LogP contribution in [-0.4, -0.2) is 21.1 Å². The largest absolute Gasteiger partial charge is 0.464 e. The van der Waals surface area contributed by atoms with E-state index in [2.05, 4.69) is 0 Å². The average molecular weight is 211 g/mol. The quantitative estimate of drug-likeness (QED) is 0.334. The zero-order chi connectivity index (χ0) is 11.4. The molecule has 7 nitrogen and oxygen atoms in total. The van der Waals surface area contributed by atoms with Crippen LogP contribution in [-0.2, 0) is 6.54 Å². The van der Waals surface area contributed by atoms with E-state index >= 15 is 0 Å². The molecule has 3 N–H and O–H groups in total. The highest BCUT2D eigenvalue weighted by Gasteiger charge is 2.10. The molecule has 1 rings (SSSR count). The van der Waals surface area contributed by atoms with Gasteiger partial charge in [-0.05, 0) is 5.56 Å². The van der Waals surface area contributed by atoms with Gasteiger partial charge in [0.25, 0.3) is 5.69 Å². The van der Waals surface area contributed by atoms with E-state index in [0.29, 0.717) is 10.6 Å². The molecule has 0 unspecified atom stereocenters. The number of nitrogens with two attached hydrogens (primary N) is 1. The lowest BCUT2D eigenvalue weighted by Gasteiger charge is -2.11. The second kappa shape index (κ2) is 4.38. The number of hydrogen-bond acceptors (Lipinski definition) is 4. The number of non-ortho nitro benzene ring substituents is 1. The molecule has 0 heterocycles. The van der Waals surface area contributed by atoms with Gasteiger partial charge in [-0.2, -0.15) is 0 Å². The summed E-state index contributed by atoms with van der Waals surface area (Å²) in [5.41, 5.74) is 0.375. The first-order valence-corrected chi connectivity index (χ1v) is 3.99. The standard InChI is InChI=1S/C8H9N3O4/c9-10(8(12)13)5-6-2-1-3-7(4-6)11(14)15/h1-4H,5,9H2,(H,12,13). The molecular weight excluding hydrogens is 202 g/mol. The number of hydrogen-bond donors (Lipinski definition) is 2. The first-order chi connectivity index (χ1) is 7.00. The summed E-state index contributed by atoms with van der Waals surface area (Å²) >= 11 is 0. The fourth-order valence-electron chi connectivity index (χ4n) is 1.03. The Kier molecular flexibility index (Phi) is 3.19. The van der Waals surface area contributed by atoms with Gasteiger partial charge in [0.15, 0.2) is 0 Å². The maximum Gasteiger partial charge on any atom is 0.421 e. The van der Waals surface area contributed by atoms with Gasteiger partial charge in [-0.15, -0.1) is 0 Å². The molecule has 0 aromatic heterocycles. The lowest BCUT2D eigenvalue weighted by molar-refractivity contribution is -0.384. The van der Waals surface area contributed by atoms with Gasteiger partial charge in [0, 0.05) is 12.1 Å². The Morgan fingerprint density at radius 2 is 2.27 bits per heavy atom. The van der Waals surface area contributed by atoms with E-state index < -0.39 is 11.0 Å². The van der Waals surface area contributed by atoms with Gasteiger partial charge in [-0.1, -0.05) is 12.1 Å². The fraction of sp³-hybridized carbons (Fsp3) is 0.125. The summed E-state index contributed by atoms with van der Waals surface area (Å²) in [7, 11) is 0. The Hall–Kier alpha value is -2.15. The summed E-state index contributed by atoms with van der Waals surface area (Å²) in [4.78, 5) is 20.3. The van der Waals surface area contributed by atoms with Crippen LogP contribution in [0.4, 0.5) is 10.5 Å². The molecule has 0 atom stereocenters. The third kappa shape index (κ3) is 2.92. The maximum absolute atomic E-state index is 10.4. The molecule has 0 spiro atoms. The Labute approximate surface area is 84.8 Å². The molecule has 0 fully saturated rings. The number of amides is 1. The van der Waals surface area contributed by atoms with Crippen molar-refractivity contribution in [2.45, 2.75) is 6.54 Å². The van der Waals surface area contributed by atoms with Crippen molar-refractivity contribution in [2.24, 2.45) is 5.84 Å². The smallest absolute Gasteiger partial charge is 0.421 e. The maximum atomic E-state index is 10.4. The molecule has 1 amide bonds. The van der Waals surface area contributed by atoms with Gasteiger partial charge in [0.1, 0.15) is 0 Å². The van der Waals surface area contributed by atoms with E-state index in [4.69, 9.17) is 10.9 Å². The van der Waals surface area contributed by atoms with E-state index in [1.807, 2.05) is 0 Å². The van der Waals surface area contributed by atoms with E-state index in [9.17, 15) is 14.9 Å². The molecule has 0 aliphatic heterocycles. The Morgan fingerprint density at radius 3 is 2.80 bits per heavy atom. The lowest BCUT2D eigenvalue weighted by Crippen LogP contribution is -2.35. The molecule has 1 aromatic rings. The monoisotopic (exact) mass is 211 g/mol. The number of hydrazine groups is 1. The van der Waals surface area contributed by atoms with Crippen LogP contribution < -0.4 is 5.84 Å². The molecule has 0 aliphatic carbocycles. The summed E-state index contributed by atoms with van der Waals surface area (Å²) in [6.07, 6.45) is -1.29. The summed E-state index contributed by atoms with van der Waals surface area (Å²) in [6.45, 7) is -0.0863. The van der Waals surface area contributed by atoms with Crippen molar-refractivity contribution in [3.63, 3.8) is 0 Å². The zero-order valence-corrected chi connectivity index (χ0v) is 7.66. The third-order valence-electron chi connectivity index (χ3n) is 1.72. The minimum Gasteiger partial charge on any atom is -0.464 e. The van der Waals surface area contributed by atoms with Crippen molar-refractivity contribution in [3.05, 3.63) is 39.9 Å². The van der Waals surface area contributed by atoms with Gasteiger partial charge < -0.3 is 5.11 Å². The van der Waals surface area contributed by atoms with Crippen LogP contribution in [0.15, 0.2) is 24.3 Å². The van der Waals surface area contributed by atoms with Crippen molar-refractivity contribution in [3.8, 4) is 0 Å². The molecule has 15 heavy (non-hydrogen) atoms. The summed E-state index contributed by atoms with van der Waals surface area (Å²) < 4.78 is 0. The second-order valence-corrected chi connectivity index (χ2v) is 2.84. The normalized spacial score (nSPS) is 9.67. The van der Waals surface area contributed by atoms with Crippen molar-refractivity contribution in [2.75, 3.05) is 0 Å². The highest BCUT2D eigenvalue weighted by atomic mass is 16.6. The van der Waals surface area contributed by atoms with Crippen LogP contribution in [0.25, 0.3) is 0 Å². The van der Waals surface area contributed by atoms with E-state index in [-0.39, 0.29) is 12.2 Å². The lowest BCUT2D eigenvalue weighted by atomic mass is 10.2. The van der Waals surface area contributed by atoms with Crippen LogP contribution in [0.5, 0.6) is 0 Å². The molecule has 0 saturated carbocycles. The Morgan fingerprint density at radius 1 is 1.60 bits per heavy atom. The molecule has 1 aromatic carbocycles. The Balaban J connectivity index is 2.82. The van der Waals surface area contributed by atoms with Gasteiger partial charge in [0.05, 0.1) is 11.5 Å². The first-order valence-electron chi connectivity index (χ1n) is 3.99. The summed E-state index contributed by atoms with van der Waals surface area (Å²) in [5, 5.41) is 19.5. The zero-order valence-electron chi connectivity index (χ0n) is 7.66. The van der Waals surface area contributed by atoms with Gasteiger partial charge in [-0.3, -0.25) is 10.1 Å². The van der Waals surface area contributed by atoms with Crippen molar-refractivity contribution < 1.29 is 14.8 Å². The number of benzene rings is 1. The number of carboxylic acid groups (broad SMARTS) is 1. The van der Waals surface area contributed by atoms with Gasteiger partial charge in [-0.25, -0.2) is 15.6 Å². The van der Waals surface area contributed by atoms with Gasteiger partial charge >= 0.3 is 6.09 Å². The van der Waals surface area contributed by atoms with Crippen LogP contribution >= 0.6 is 0 Å². The topological polar surface area (TPSA) is 110 Å². The average Bonchev–Trinajstić information content (AvgIpc) is 2.18. The molecule has 0 radical (unpaired) electrons. The minimum absolute atomic E-state index is 0.0863. The molecular formula is C8H9N3O4. The number of nitro groups is 1. The second-order valence-electron chi connectivity index (χ2n) is 2.84. The number of nitro benzene ring substituents is 1. The predicted molar refractivity (Wildman–Crippen MR) is 50.9 cm³/mol. The van der Waals surface area contributed by atoms with E-state index in [0.717, 1.165) is 0 Å². The van der Waals surface area contributed by atoms with E-state index in [1.54, 1.807) is 6.07 Å². The fourth-order valence-corrected chi connectivity index (χ4v) is 1.03. The highest BCUT2D eigenvalue weighted by molar-refractivity contribution is 5.64. The molecule has 7 heteroatoms. The third-order valence-corrected chi connectivity index (χ3v) is 1.72. The number of carbonyl (C=O) groups is 1. The SMILES string of the molecule is NN(Cc1cccc([N+](=O)[O-])c1)C(=O)O. The highest BCUT2D eigenvalue weighted by Crippen LogP contribution is 2.13. The first kappa shape index (κ1) is 10.9. The Bertz CT molecular complexity index is 393. The predicted octanol–water partition coefficient (Wildman–Crippen LogP) is 0.948.